The van der Waals surface area contributed by atoms with Gasteiger partial charge in [-0.1, -0.05) is 32.4 Å². The van der Waals surface area contributed by atoms with Crippen LogP contribution in [0.4, 0.5) is 0 Å². The van der Waals surface area contributed by atoms with Crippen LogP contribution >= 0.6 is 0 Å². The van der Waals surface area contributed by atoms with Gasteiger partial charge >= 0.3 is 0 Å². The number of likely N-dealkylation sites (tertiary alicyclic amines) is 1. The van der Waals surface area contributed by atoms with Crippen LogP contribution in [0.2, 0.25) is 0 Å². The second-order valence-electron chi connectivity index (χ2n) is 6.41. The Morgan fingerprint density at radius 1 is 1.29 bits per heavy atom. The molecule has 0 bridgehead atoms. The van der Waals surface area contributed by atoms with Crippen molar-refractivity contribution in [1.29, 1.82) is 0 Å². The minimum absolute atomic E-state index is 0.0577. The Bertz CT molecular complexity index is 476. The average molecular weight is 289 g/mol. The fourth-order valence-corrected chi connectivity index (χ4v) is 2.84. The number of carbonyl (C=O) groups excluding carboxylic acids is 1. The molecule has 0 aliphatic carbocycles. The van der Waals surface area contributed by atoms with Gasteiger partial charge in [0.15, 0.2) is 5.78 Å². The van der Waals surface area contributed by atoms with E-state index < -0.39 is 0 Å². The summed E-state index contributed by atoms with van der Waals surface area (Å²) < 4.78 is 5.82. The number of para-hydroxylation sites is 1. The van der Waals surface area contributed by atoms with Gasteiger partial charge in [-0.25, -0.2) is 0 Å². The lowest BCUT2D eigenvalue weighted by Gasteiger charge is -2.38. The lowest BCUT2D eigenvalue weighted by molar-refractivity contribution is 0.0980. The first kappa shape index (κ1) is 16.0. The highest BCUT2D eigenvalue weighted by Crippen LogP contribution is 2.33. The van der Waals surface area contributed by atoms with Crippen LogP contribution in [-0.2, 0) is 0 Å². The quantitative estimate of drug-likeness (QED) is 0.746. The van der Waals surface area contributed by atoms with E-state index in [0.29, 0.717) is 23.3 Å². The number of nitrogens with zero attached hydrogens (tertiary/aromatic N) is 1. The SMILES string of the molecule is CCC1(C)CCN(CCOc2ccccc2C(C)=O)CC1. The molecule has 0 radical (unpaired) electrons. The van der Waals surface area contributed by atoms with Gasteiger partial charge in [0.25, 0.3) is 0 Å². The largest absolute Gasteiger partial charge is 0.491 e. The molecule has 1 aromatic rings. The highest BCUT2D eigenvalue weighted by atomic mass is 16.5. The summed E-state index contributed by atoms with van der Waals surface area (Å²) in [7, 11) is 0. The van der Waals surface area contributed by atoms with Crippen molar-refractivity contribution in [3.8, 4) is 5.75 Å². The number of rotatable bonds is 6. The summed E-state index contributed by atoms with van der Waals surface area (Å²) in [5.41, 5.74) is 1.20. The summed E-state index contributed by atoms with van der Waals surface area (Å²) in [5, 5.41) is 0. The van der Waals surface area contributed by atoms with Crippen molar-refractivity contribution in [3.05, 3.63) is 29.8 Å². The topological polar surface area (TPSA) is 29.5 Å². The monoisotopic (exact) mass is 289 g/mol. The predicted molar refractivity (Wildman–Crippen MR) is 86.0 cm³/mol. The van der Waals surface area contributed by atoms with Gasteiger partial charge in [-0.3, -0.25) is 9.69 Å². The third kappa shape index (κ3) is 4.31. The molecule has 0 amide bonds. The van der Waals surface area contributed by atoms with Gasteiger partial charge in [0.2, 0.25) is 0 Å². The second kappa shape index (κ2) is 7.08. The van der Waals surface area contributed by atoms with Gasteiger partial charge in [0.1, 0.15) is 12.4 Å². The Balaban J connectivity index is 1.79. The number of ether oxygens (including phenoxy) is 1. The molecule has 1 aliphatic rings. The molecule has 1 saturated heterocycles. The lowest BCUT2D eigenvalue weighted by atomic mass is 9.78. The Kier molecular flexibility index (Phi) is 5.40. The molecule has 1 aliphatic heterocycles. The molecule has 0 aromatic heterocycles. The zero-order valence-electron chi connectivity index (χ0n) is 13.5. The number of piperidine rings is 1. The number of hydrogen-bond donors (Lipinski definition) is 0. The van der Waals surface area contributed by atoms with Crippen LogP contribution in [0, 0.1) is 5.41 Å². The Morgan fingerprint density at radius 2 is 1.95 bits per heavy atom. The minimum Gasteiger partial charge on any atom is -0.491 e. The molecule has 21 heavy (non-hydrogen) atoms. The van der Waals surface area contributed by atoms with Crippen molar-refractivity contribution in [2.45, 2.75) is 40.0 Å². The van der Waals surface area contributed by atoms with Gasteiger partial charge < -0.3 is 4.74 Å². The van der Waals surface area contributed by atoms with E-state index in [1.54, 1.807) is 6.92 Å². The number of Topliss-reactive ketones (excluding diaryl/α,β-unsaturated/α-hetero) is 1. The van der Waals surface area contributed by atoms with E-state index in [0.717, 1.165) is 19.6 Å². The normalized spacial score (nSPS) is 18.4. The fraction of sp³-hybridized carbons (Fsp3) is 0.611. The Morgan fingerprint density at radius 3 is 2.57 bits per heavy atom. The molecule has 3 heteroatoms. The van der Waals surface area contributed by atoms with Crippen LogP contribution < -0.4 is 4.74 Å². The zero-order chi connectivity index (χ0) is 15.3. The summed E-state index contributed by atoms with van der Waals surface area (Å²) in [6.07, 6.45) is 3.81. The summed E-state index contributed by atoms with van der Waals surface area (Å²) in [6.45, 7) is 10.2. The molecule has 3 nitrogen and oxygen atoms in total. The Hall–Kier alpha value is -1.35. The Labute approximate surface area is 128 Å². The number of ketones is 1. The van der Waals surface area contributed by atoms with E-state index in [1.807, 2.05) is 24.3 Å². The fourth-order valence-electron chi connectivity index (χ4n) is 2.84. The number of benzene rings is 1. The first-order valence-corrected chi connectivity index (χ1v) is 7.99. The molecule has 0 spiro atoms. The molecule has 0 unspecified atom stereocenters. The van der Waals surface area contributed by atoms with Crippen LogP contribution in [0.5, 0.6) is 5.75 Å². The molecule has 2 rings (SSSR count). The molecule has 116 valence electrons. The van der Waals surface area contributed by atoms with Crippen molar-refractivity contribution in [3.63, 3.8) is 0 Å². The molecule has 0 atom stereocenters. The molecular formula is C18H27NO2. The smallest absolute Gasteiger partial charge is 0.163 e. The van der Waals surface area contributed by atoms with E-state index in [4.69, 9.17) is 4.74 Å². The molecule has 0 saturated carbocycles. The van der Waals surface area contributed by atoms with Crippen molar-refractivity contribution < 1.29 is 9.53 Å². The number of hydrogen-bond acceptors (Lipinski definition) is 3. The van der Waals surface area contributed by atoms with E-state index in [2.05, 4.69) is 18.7 Å². The maximum atomic E-state index is 11.5. The van der Waals surface area contributed by atoms with Gasteiger partial charge in [0, 0.05) is 6.54 Å². The van der Waals surface area contributed by atoms with Crippen LogP contribution in [-0.4, -0.2) is 36.9 Å². The number of carbonyl (C=O) groups is 1. The van der Waals surface area contributed by atoms with E-state index >= 15 is 0 Å². The van der Waals surface area contributed by atoms with Gasteiger partial charge in [-0.05, 0) is 50.4 Å². The zero-order valence-corrected chi connectivity index (χ0v) is 13.5. The van der Waals surface area contributed by atoms with Crippen molar-refractivity contribution in [1.82, 2.24) is 4.90 Å². The van der Waals surface area contributed by atoms with Crippen molar-refractivity contribution in [2.24, 2.45) is 5.41 Å². The minimum atomic E-state index is 0.0577. The highest BCUT2D eigenvalue weighted by Gasteiger charge is 2.27. The van der Waals surface area contributed by atoms with E-state index in [1.165, 1.54) is 19.3 Å². The third-order valence-corrected chi connectivity index (χ3v) is 4.85. The molecule has 1 aromatic carbocycles. The van der Waals surface area contributed by atoms with Crippen LogP contribution in [0.1, 0.15) is 50.4 Å². The molecule has 1 heterocycles. The first-order chi connectivity index (χ1) is 10.0. The highest BCUT2D eigenvalue weighted by molar-refractivity contribution is 5.96. The van der Waals surface area contributed by atoms with Crippen LogP contribution in [0.25, 0.3) is 0 Å². The van der Waals surface area contributed by atoms with Crippen molar-refractivity contribution >= 4 is 5.78 Å². The predicted octanol–water partition coefficient (Wildman–Crippen LogP) is 3.78. The van der Waals surface area contributed by atoms with E-state index in [-0.39, 0.29) is 5.78 Å². The first-order valence-electron chi connectivity index (χ1n) is 7.99. The summed E-state index contributed by atoms with van der Waals surface area (Å²) >= 11 is 0. The van der Waals surface area contributed by atoms with Gasteiger partial charge in [-0.15, -0.1) is 0 Å². The van der Waals surface area contributed by atoms with Crippen LogP contribution in [0.15, 0.2) is 24.3 Å². The van der Waals surface area contributed by atoms with Gasteiger partial charge in [0.05, 0.1) is 5.56 Å². The summed E-state index contributed by atoms with van der Waals surface area (Å²) in [5.74, 6) is 0.766. The average Bonchev–Trinajstić information content (AvgIpc) is 2.50. The molecule has 1 fully saturated rings. The maximum absolute atomic E-state index is 11.5. The standard InChI is InChI=1S/C18H27NO2/c1-4-18(3)9-11-19(12-10-18)13-14-21-17-8-6-5-7-16(17)15(2)20/h5-8H,4,9-14H2,1-3H3. The van der Waals surface area contributed by atoms with E-state index in [9.17, 15) is 4.79 Å². The molecular weight excluding hydrogens is 262 g/mol. The lowest BCUT2D eigenvalue weighted by Crippen LogP contribution is -2.40. The van der Waals surface area contributed by atoms with Crippen molar-refractivity contribution in [2.75, 3.05) is 26.2 Å². The van der Waals surface area contributed by atoms with Gasteiger partial charge in [-0.2, -0.15) is 0 Å². The molecule has 0 N–H and O–H groups in total. The summed E-state index contributed by atoms with van der Waals surface area (Å²) in [4.78, 5) is 14.0. The van der Waals surface area contributed by atoms with Crippen LogP contribution in [0.3, 0.4) is 0 Å². The maximum Gasteiger partial charge on any atom is 0.163 e. The second-order valence-corrected chi connectivity index (χ2v) is 6.41. The third-order valence-electron chi connectivity index (χ3n) is 4.85. The summed E-state index contributed by atoms with van der Waals surface area (Å²) in [6, 6.07) is 7.49.